The van der Waals surface area contributed by atoms with Gasteiger partial charge in [-0.15, -0.1) is 10.2 Å². The number of benzene rings is 3. The summed E-state index contributed by atoms with van der Waals surface area (Å²) >= 11 is 1.14. The normalized spacial score (nSPS) is 10.6. The average Bonchev–Trinajstić information content (AvgIpc) is 3.38. The summed E-state index contributed by atoms with van der Waals surface area (Å²) in [6.45, 7) is 1.92. The van der Waals surface area contributed by atoms with E-state index < -0.39 is 17.8 Å². The Morgan fingerprint density at radius 2 is 1.68 bits per heavy atom. The molecule has 0 radical (unpaired) electrons. The van der Waals surface area contributed by atoms with E-state index in [-0.39, 0.29) is 10.9 Å². The number of carbonyl (C=O) groups excluding carboxylic acids is 3. The van der Waals surface area contributed by atoms with E-state index in [0.29, 0.717) is 21.9 Å². The van der Waals surface area contributed by atoms with E-state index in [1.807, 2.05) is 49.4 Å². The van der Waals surface area contributed by atoms with Crippen molar-refractivity contribution < 1.29 is 23.9 Å². The molecule has 0 saturated heterocycles. The topological polar surface area (TPSA) is 132 Å². The van der Waals surface area contributed by atoms with Gasteiger partial charge in [0.15, 0.2) is 11.5 Å². The van der Waals surface area contributed by atoms with E-state index in [2.05, 4.69) is 26.0 Å². The highest BCUT2D eigenvalue weighted by Crippen LogP contribution is 2.28. The van der Waals surface area contributed by atoms with Crippen LogP contribution in [0.4, 0.5) is 5.13 Å². The number of rotatable bonds is 7. The molecule has 186 valence electrons. The third-order valence-corrected chi connectivity index (χ3v) is 5.82. The smallest absolute Gasteiger partial charge is 0.343 e. The molecule has 0 unspecified atom stereocenters. The van der Waals surface area contributed by atoms with Gasteiger partial charge in [0.2, 0.25) is 5.13 Å². The number of hydrogen-bond acceptors (Lipinski definition) is 9. The molecule has 0 atom stereocenters. The van der Waals surface area contributed by atoms with Gasteiger partial charge in [-0.2, -0.15) is 5.10 Å². The number of anilines is 1. The minimum absolute atomic E-state index is 0.184. The number of hydrazone groups is 1. The van der Waals surface area contributed by atoms with Gasteiger partial charge in [-0.1, -0.05) is 59.4 Å². The number of ether oxygens (including phenoxy) is 2. The molecule has 2 N–H and O–H groups in total. The maximum absolute atomic E-state index is 12.4. The first-order valence-corrected chi connectivity index (χ1v) is 11.7. The molecule has 0 bridgehead atoms. The second-order valence-electron chi connectivity index (χ2n) is 7.60. The maximum Gasteiger partial charge on any atom is 0.343 e. The third-order valence-electron chi connectivity index (χ3n) is 4.93. The van der Waals surface area contributed by atoms with Gasteiger partial charge in [-0.05, 0) is 42.8 Å². The lowest BCUT2D eigenvalue weighted by Gasteiger charge is -2.10. The van der Waals surface area contributed by atoms with Crippen molar-refractivity contribution in [2.24, 2.45) is 5.10 Å². The fourth-order valence-electron chi connectivity index (χ4n) is 3.04. The monoisotopic (exact) mass is 515 g/mol. The highest BCUT2D eigenvalue weighted by atomic mass is 32.1. The zero-order valence-corrected chi connectivity index (χ0v) is 20.6. The second kappa shape index (κ2) is 11.7. The van der Waals surface area contributed by atoms with Crippen LogP contribution in [-0.4, -0.2) is 41.3 Å². The van der Waals surface area contributed by atoms with Crippen molar-refractivity contribution in [3.63, 3.8) is 0 Å². The quantitative estimate of drug-likeness (QED) is 0.126. The second-order valence-corrected chi connectivity index (χ2v) is 8.58. The molecule has 0 aliphatic heterocycles. The van der Waals surface area contributed by atoms with E-state index in [0.717, 1.165) is 22.5 Å². The largest absolute Gasteiger partial charge is 0.493 e. The number of amides is 2. The summed E-state index contributed by atoms with van der Waals surface area (Å²) in [5.74, 6) is -1.93. The molecule has 3 aromatic carbocycles. The Bertz CT molecular complexity index is 1450. The molecule has 10 nitrogen and oxygen atoms in total. The Kier molecular flexibility index (Phi) is 7.96. The summed E-state index contributed by atoms with van der Waals surface area (Å²) in [6.07, 6.45) is 1.32. The molecular formula is C26H21N5O5S. The predicted molar refractivity (Wildman–Crippen MR) is 139 cm³/mol. The molecule has 11 heteroatoms. The van der Waals surface area contributed by atoms with E-state index in [4.69, 9.17) is 9.47 Å². The summed E-state index contributed by atoms with van der Waals surface area (Å²) in [5.41, 5.74) is 4.96. The van der Waals surface area contributed by atoms with E-state index in [9.17, 15) is 14.4 Å². The molecule has 37 heavy (non-hydrogen) atoms. The minimum atomic E-state index is -0.983. The molecule has 0 spiro atoms. The van der Waals surface area contributed by atoms with Crippen LogP contribution in [0.3, 0.4) is 0 Å². The van der Waals surface area contributed by atoms with Gasteiger partial charge in [-0.25, -0.2) is 10.2 Å². The van der Waals surface area contributed by atoms with Crippen molar-refractivity contribution in [1.82, 2.24) is 15.6 Å². The lowest BCUT2D eigenvalue weighted by atomic mass is 10.1. The van der Waals surface area contributed by atoms with Gasteiger partial charge in [0, 0.05) is 5.56 Å². The molecule has 0 aliphatic rings. The predicted octanol–water partition coefficient (Wildman–Crippen LogP) is 3.83. The highest BCUT2D eigenvalue weighted by molar-refractivity contribution is 7.18. The van der Waals surface area contributed by atoms with Crippen LogP contribution in [0.5, 0.6) is 11.5 Å². The Hall–Kier alpha value is -4.90. The summed E-state index contributed by atoms with van der Waals surface area (Å²) in [4.78, 5) is 36.7. The number of carbonyl (C=O) groups is 3. The first-order chi connectivity index (χ1) is 17.9. The number of aryl methyl sites for hydroxylation is 1. The van der Waals surface area contributed by atoms with Crippen LogP contribution in [0.1, 0.15) is 21.5 Å². The maximum atomic E-state index is 12.4. The van der Waals surface area contributed by atoms with E-state index in [1.165, 1.54) is 13.3 Å². The van der Waals surface area contributed by atoms with E-state index in [1.54, 1.807) is 30.3 Å². The van der Waals surface area contributed by atoms with Crippen molar-refractivity contribution in [3.8, 4) is 22.1 Å². The fourth-order valence-corrected chi connectivity index (χ4v) is 3.78. The Labute approximate surface area is 216 Å². The summed E-state index contributed by atoms with van der Waals surface area (Å²) in [6, 6.07) is 21.0. The van der Waals surface area contributed by atoms with Gasteiger partial charge in [0.05, 0.1) is 18.9 Å². The molecular weight excluding hydrogens is 494 g/mol. The van der Waals surface area contributed by atoms with Crippen molar-refractivity contribution in [2.45, 2.75) is 6.92 Å². The Balaban J connectivity index is 1.33. The van der Waals surface area contributed by atoms with Gasteiger partial charge in [0.1, 0.15) is 5.01 Å². The van der Waals surface area contributed by atoms with Gasteiger partial charge < -0.3 is 9.47 Å². The summed E-state index contributed by atoms with van der Waals surface area (Å²) in [7, 11) is 1.43. The molecule has 1 heterocycles. The number of esters is 1. The summed E-state index contributed by atoms with van der Waals surface area (Å²) < 4.78 is 10.7. The molecule has 4 aromatic rings. The van der Waals surface area contributed by atoms with Crippen LogP contribution in [-0.2, 0) is 9.59 Å². The van der Waals surface area contributed by atoms with Crippen LogP contribution in [0.2, 0.25) is 0 Å². The van der Waals surface area contributed by atoms with Crippen LogP contribution in [0, 0.1) is 6.92 Å². The van der Waals surface area contributed by atoms with Crippen molar-refractivity contribution in [1.29, 1.82) is 0 Å². The fraction of sp³-hybridized carbons (Fsp3) is 0.0769. The number of nitrogens with one attached hydrogen (secondary N) is 2. The summed E-state index contributed by atoms with van der Waals surface area (Å²) in [5, 5.41) is 14.9. The van der Waals surface area contributed by atoms with Gasteiger partial charge in [0.25, 0.3) is 0 Å². The standard InChI is InChI=1S/C26H21N5O5S/c1-16-8-11-19(12-9-16)25(34)36-20-13-10-17(14-21(20)35-2)15-27-29-23(33)22(32)28-26-31-30-24(37-26)18-6-4-3-5-7-18/h3-15H,1-2H3,(H,29,33)(H,28,31,32)/b27-15+. The molecule has 1 aromatic heterocycles. The van der Waals surface area contributed by atoms with Crippen LogP contribution < -0.4 is 20.2 Å². The molecule has 0 aliphatic carbocycles. The van der Waals surface area contributed by atoms with Crippen LogP contribution >= 0.6 is 11.3 Å². The number of hydrogen-bond donors (Lipinski definition) is 2. The SMILES string of the molecule is COc1cc(/C=N/NC(=O)C(=O)Nc2nnc(-c3ccccc3)s2)ccc1OC(=O)c1ccc(C)cc1. The zero-order chi connectivity index (χ0) is 26.2. The third kappa shape index (κ3) is 6.61. The lowest BCUT2D eigenvalue weighted by Crippen LogP contribution is -2.32. The van der Waals surface area contributed by atoms with Crippen molar-refractivity contribution in [3.05, 3.63) is 89.5 Å². The van der Waals surface area contributed by atoms with Gasteiger partial charge in [-0.3, -0.25) is 14.9 Å². The van der Waals surface area contributed by atoms with E-state index >= 15 is 0 Å². The molecule has 0 saturated carbocycles. The number of nitrogens with zero attached hydrogens (tertiary/aromatic N) is 3. The first kappa shape index (κ1) is 25.2. The van der Waals surface area contributed by atoms with Crippen LogP contribution in [0.25, 0.3) is 10.6 Å². The van der Waals surface area contributed by atoms with Gasteiger partial charge >= 0.3 is 17.8 Å². The number of aromatic nitrogens is 2. The Morgan fingerprint density at radius 3 is 2.41 bits per heavy atom. The molecule has 2 amide bonds. The zero-order valence-electron chi connectivity index (χ0n) is 19.8. The first-order valence-electron chi connectivity index (χ1n) is 10.9. The number of methoxy groups -OCH3 is 1. The lowest BCUT2D eigenvalue weighted by molar-refractivity contribution is -0.136. The van der Waals surface area contributed by atoms with Crippen molar-refractivity contribution >= 4 is 40.5 Å². The van der Waals surface area contributed by atoms with Crippen molar-refractivity contribution in [2.75, 3.05) is 12.4 Å². The van der Waals surface area contributed by atoms with Crippen LogP contribution in [0.15, 0.2) is 77.9 Å². The molecule has 0 fully saturated rings. The minimum Gasteiger partial charge on any atom is -0.493 e. The average molecular weight is 516 g/mol. The Morgan fingerprint density at radius 1 is 0.919 bits per heavy atom. The highest BCUT2D eigenvalue weighted by Gasteiger charge is 2.16. The molecule has 4 rings (SSSR count).